The van der Waals surface area contributed by atoms with Crippen LogP contribution in [0.2, 0.25) is 5.02 Å². The van der Waals surface area contributed by atoms with E-state index in [1.54, 1.807) is 54.7 Å². The molecule has 3 aromatic carbocycles. The van der Waals surface area contributed by atoms with Crippen LogP contribution in [-0.4, -0.2) is 41.8 Å². The van der Waals surface area contributed by atoms with Crippen LogP contribution in [0.5, 0.6) is 5.75 Å². The van der Waals surface area contributed by atoms with Crippen LogP contribution in [-0.2, 0) is 0 Å². The van der Waals surface area contributed by atoms with E-state index in [0.717, 1.165) is 11.4 Å². The second-order valence-corrected chi connectivity index (χ2v) is 8.33. The third kappa shape index (κ3) is 5.11. The Morgan fingerprint density at radius 2 is 1.44 bits per heavy atom. The zero-order valence-corrected chi connectivity index (χ0v) is 20.2. The maximum Gasteiger partial charge on any atom is 0.336 e. The molecule has 1 N–H and O–H groups in total. The van der Waals surface area contributed by atoms with Crippen LogP contribution in [0.15, 0.2) is 85.1 Å². The average Bonchev–Trinajstić information content (AvgIpc) is 2.92. The molecule has 0 bridgehead atoms. The standard InChI is InChI=1S/C28H21ClN2O5/c1-31(20-8-6-19(29)7-9-20)21-10-14-25(30-16-21)27(33)18-5-13-23(24(15-18)28(34)35)26(32)17-3-11-22(36-2)12-4-17/h3-16H,1-2H3,(H,34,35). The number of hydrogen-bond acceptors (Lipinski definition) is 6. The number of carboxylic acids is 1. The predicted molar refractivity (Wildman–Crippen MR) is 137 cm³/mol. The largest absolute Gasteiger partial charge is 0.497 e. The Hall–Kier alpha value is -4.49. The summed E-state index contributed by atoms with van der Waals surface area (Å²) in [4.78, 5) is 44.1. The maximum atomic E-state index is 13.0. The molecular formula is C28H21ClN2O5. The summed E-state index contributed by atoms with van der Waals surface area (Å²) < 4.78 is 5.09. The van der Waals surface area contributed by atoms with Crippen molar-refractivity contribution in [2.45, 2.75) is 0 Å². The van der Waals surface area contributed by atoms with Gasteiger partial charge >= 0.3 is 5.97 Å². The number of halogens is 1. The molecule has 4 aromatic rings. The summed E-state index contributed by atoms with van der Waals surface area (Å²) in [5.41, 5.74) is 1.93. The van der Waals surface area contributed by atoms with Crippen LogP contribution in [0, 0.1) is 0 Å². The van der Waals surface area contributed by atoms with Gasteiger partial charge < -0.3 is 14.7 Å². The number of carbonyl (C=O) groups is 3. The molecule has 0 aliphatic heterocycles. The first kappa shape index (κ1) is 24.6. The van der Waals surface area contributed by atoms with Gasteiger partial charge in [-0.05, 0) is 72.8 Å². The Bertz CT molecular complexity index is 1430. The first-order valence-electron chi connectivity index (χ1n) is 10.8. The van der Waals surface area contributed by atoms with Gasteiger partial charge in [-0.15, -0.1) is 0 Å². The van der Waals surface area contributed by atoms with Crippen molar-refractivity contribution < 1.29 is 24.2 Å². The Kier molecular flexibility index (Phi) is 7.12. The molecule has 0 atom stereocenters. The normalized spacial score (nSPS) is 10.5. The number of rotatable bonds is 8. The van der Waals surface area contributed by atoms with Crippen LogP contribution in [0.4, 0.5) is 11.4 Å². The highest BCUT2D eigenvalue weighted by atomic mass is 35.5. The molecule has 0 unspecified atom stereocenters. The molecule has 0 saturated carbocycles. The van der Waals surface area contributed by atoms with Crippen molar-refractivity contribution in [3.8, 4) is 5.75 Å². The predicted octanol–water partition coefficient (Wildman–Crippen LogP) is 5.67. The molecule has 8 heteroatoms. The van der Waals surface area contributed by atoms with Crippen molar-refractivity contribution in [1.29, 1.82) is 0 Å². The van der Waals surface area contributed by atoms with Crippen LogP contribution in [0.1, 0.15) is 42.3 Å². The van der Waals surface area contributed by atoms with E-state index in [0.29, 0.717) is 16.3 Å². The number of aromatic carboxylic acids is 1. The summed E-state index contributed by atoms with van der Waals surface area (Å²) in [5, 5.41) is 10.4. The lowest BCUT2D eigenvalue weighted by Crippen LogP contribution is -2.13. The molecule has 0 fully saturated rings. The Morgan fingerprint density at radius 1 is 0.806 bits per heavy atom. The van der Waals surface area contributed by atoms with E-state index in [9.17, 15) is 19.5 Å². The van der Waals surface area contributed by atoms with E-state index in [4.69, 9.17) is 16.3 Å². The van der Waals surface area contributed by atoms with E-state index < -0.39 is 17.5 Å². The molecule has 1 heterocycles. The molecule has 0 aliphatic carbocycles. The summed E-state index contributed by atoms with van der Waals surface area (Å²) in [5.74, 6) is -1.67. The number of pyridine rings is 1. The molecule has 4 rings (SSSR count). The van der Waals surface area contributed by atoms with Crippen molar-refractivity contribution in [3.05, 3.63) is 118 Å². The number of ketones is 2. The van der Waals surface area contributed by atoms with Gasteiger partial charge in [0.25, 0.3) is 0 Å². The number of carbonyl (C=O) groups excluding carboxylic acids is 2. The molecule has 0 radical (unpaired) electrons. The fraction of sp³-hybridized carbons (Fsp3) is 0.0714. The Morgan fingerprint density at radius 3 is 2.03 bits per heavy atom. The molecule has 0 amide bonds. The minimum atomic E-state index is -1.31. The lowest BCUT2D eigenvalue weighted by molar-refractivity contribution is 0.0692. The van der Waals surface area contributed by atoms with Gasteiger partial charge in [-0.3, -0.25) is 14.6 Å². The second-order valence-electron chi connectivity index (χ2n) is 7.89. The van der Waals surface area contributed by atoms with E-state index in [1.165, 1.54) is 25.3 Å². The molecule has 0 aliphatic rings. The number of hydrogen-bond donors (Lipinski definition) is 1. The fourth-order valence-electron chi connectivity index (χ4n) is 3.64. The van der Waals surface area contributed by atoms with Crippen molar-refractivity contribution in [2.24, 2.45) is 0 Å². The Balaban J connectivity index is 1.59. The van der Waals surface area contributed by atoms with Crippen LogP contribution in [0.3, 0.4) is 0 Å². The van der Waals surface area contributed by atoms with Crippen LogP contribution < -0.4 is 9.64 Å². The minimum Gasteiger partial charge on any atom is -0.497 e. The van der Waals surface area contributed by atoms with Crippen molar-refractivity contribution in [1.82, 2.24) is 4.98 Å². The first-order chi connectivity index (χ1) is 17.3. The van der Waals surface area contributed by atoms with E-state index >= 15 is 0 Å². The minimum absolute atomic E-state index is 0.0166. The van der Waals surface area contributed by atoms with E-state index in [2.05, 4.69) is 4.98 Å². The molecule has 0 saturated heterocycles. The monoisotopic (exact) mass is 500 g/mol. The average molecular weight is 501 g/mol. The number of nitrogens with zero attached hydrogens (tertiary/aromatic N) is 2. The number of aromatic nitrogens is 1. The van der Waals surface area contributed by atoms with Crippen molar-refractivity contribution in [2.75, 3.05) is 19.1 Å². The van der Waals surface area contributed by atoms with Crippen LogP contribution >= 0.6 is 11.6 Å². The molecular weight excluding hydrogens is 480 g/mol. The van der Waals surface area contributed by atoms with Crippen molar-refractivity contribution in [3.63, 3.8) is 0 Å². The third-order valence-corrected chi connectivity index (χ3v) is 5.94. The number of methoxy groups -OCH3 is 1. The van der Waals surface area contributed by atoms with Gasteiger partial charge in [-0.25, -0.2) is 4.79 Å². The van der Waals surface area contributed by atoms with E-state index in [1.807, 2.05) is 24.1 Å². The fourth-order valence-corrected chi connectivity index (χ4v) is 3.76. The molecule has 36 heavy (non-hydrogen) atoms. The van der Waals surface area contributed by atoms with Gasteiger partial charge in [0.15, 0.2) is 5.78 Å². The molecule has 7 nitrogen and oxygen atoms in total. The number of anilines is 2. The summed E-state index contributed by atoms with van der Waals surface area (Å²) in [6.45, 7) is 0. The summed E-state index contributed by atoms with van der Waals surface area (Å²) in [6, 6.07) is 20.9. The van der Waals surface area contributed by atoms with Gasteiger partial charge in [0, 0.05) is 34.4 Å². The highest BCUT2D eigenvalue weighted by Gasteiger charge is 2.21. The smallest absolute Gasteiger partial charge is 0.336 e. The second kappa shape index (κ2) is 10.4. The van der Waals surface area contributed by atoms with Gasteiger partial charge in [-0.1, -0.05) is 17.7 Å². The zero-order valence-electron chi connectivity index (χ0n) is 19.4. The summed E-state index contributed by atoms with van der Waals surface area (Å²) in [6.07, 6.45) is 1.56. The number of ether oxygens (including phenoxy) is 1. The highest BCUT2D eigenvalue weighted by molar-refractivity contribution is 6.30. The molecule has 0 spiro atoms. The van der Waals surface area contributed by atoms with Gasteiger partial charge in [0.2, 0.25) is 5.78 Å². The number of benzene rings is 3. The summed E-state index contributed by atoms with van der Waals surface area (Å²) in [7, 11) is 3.37. The number of carboxylic acid groups (broad SMARTS) is 1. The molecule has 180 valence electrons. The topological polar surface area (TPSA) is 96.8 Å². The summed E-state index contributed by atoms with van der Waals surface area (Å²) >= 11 is 5.95. The third-order valence-electron chi connectivity index (χ3n) is 5.69. The first-order valence-corrected chi connectivity index (χ1v) is 11.2. The van der Waals surface area contributed by atoms with Crippen LogP contribution in [0.25, 0.3) is 0 Å². The lowest BCUT2D eigenvalue weighted by atomic mass is 9.94. The van der Waals surface area contributed by atoms with Gasteiger partial charge in [-0.2, -0.15) is 0 Å². The maximum absolute atomic E-state index is 13.0. The molecule has 1 aromatic heterocycles. The zero-order chi connectivity index (χ0) is 25.8. The van der Waals surface area contributed by atoms with Gasteiger partial charge in [0.1, 0.15) is 11.4 Å². The SMILES string of the molecule is COc1ccc(C(=O)c2ccc(C(=O)c3ccc(N(C)c4ccc(Cl)cc4)cn3)cc2C(=O)O)cc1. The van der Waals surface area contributed by atoms with Gasteiger partial charge in [0.05, 0.1) is 24.6 Å². The van der Waals surface area contributed by atoms with E-state index in [-0.39, 0.29) is 22.4 Å². The van der Waals surface area contributed by atoms with Crippen molar-refractivity contribution >= 4 is 40.5 Å². The Labute approximate surface area is 212 Å². The highest BCUT2D eigenvalue weighted by Crippen LogP contribution is 2.25. The quantitative estimate of drug-likeness (QED) is 0.311. The lowest BCUT2D eigenvalue weighted by Gasteiger charge is -2.19.